The van der Waals surface area contributed by atoms with Gasteiger partial charge < -0.3 is 9.47 Å². The van der Waals surface area contributed by atoms with Gasteiger partial charge in [-0.3, -0.25) is 0 Å². The molecule has 1 heterocycles. The van der Waals surface area contributed by atoms with Gasteiger partial charge in [0.05, 0.1) is 23.6 Å². The van der Waals surface area contributed by atoms with Gasteiger partial charge in [0.25, 0.3) is 0 Å². The molecule has 0 aromatic rings. The van der Waals surface area contributed by atoms with Crippen molar-refractivity contribution in [1.29, 1.82) is 0 Å². The summed E-state index contributed by atoms with van der Waals surface area (Å²) in [6, 6.07) is 0. The zero-order valence-electron chi connectivity index (χ0n) is 10.1. The monoisotopic (exact) mass is 344 g/mol. The van der Waals surface area contributed by atoms with Crippen LogP contribution in [0, 0.1) is 0 Å². The molecular formula is C11H21IO2S. The smallest absolute Gasteiger partial charge is 0.0840 e. The minimum Gasteiger partial charge on any atom is -0.379 e. The van der Waals surface area contributed by atoms with Crippen LogP contribution in [-0.4, -0.2) is 39.8 Å². The van der Waals surface area contributed by atoms with E-state index in [-0.39, 0.29) is 5.60 Å². The maximum atomic E-state index is 5.84. The molecule has 2 nitrogen and oxygen atoms in total. The lowest BCUT2D eigenvalue weighted by Gasteiger charge is -2.25. The van der Waals surface area contributed by atoms with E-state index in [0.29, 0.717) is 20.5 Å². The van der Waals surface area contributed by atoms with Gasteiger partial charge in [-0.25, -0.2) is 0 Å². The molecule has 0 aromatic carbocycles. The van der Waals surface area contributed by atoms with Crippen LogP contribution < -0.4 is 0 Å². The van der Waals surface area contributed by atoms with Crippen molar-refractivity contribution in [2.45, 2.75) is 53.8 Å². The zero-order valence-corrected chi connectivity index (χ0v) is 13.1. The van der Waals surface area contributed by atoms with E-state index in [2.05, 4.69) is 50.3 Å². The van der Waals surface area contributed by atoms with Gasteiger partial charge >= 0.3 is 0 Å². The Kier molecular flexibility index (Phi) is 5.21. The summed E-state index contributed by atoms with van der Waals surface area (Å²) < 4.78 is 12.0. The fourth-order valence-corrected chi connectivity index (χ4v) is 4.67. The Morgan fingerprint density at radius 2 is 1.93 bits per heavy atom. The van der Waals surface area contributed by atoms with Gasteiger partial charge in [-0.2, -0.15) is 0 Å². The Morgan fingerprint density at radius 1 is 1.33 bits per heavy atom. The Morgan fingerprint density at radius 3 is 2.40 bits per heavy atom. The average molecular weight is 344 g/mol. The van der Waals surface area contributed by atoms with E-state index in [0.717, 1.165) is 6.61 Å². The third-order valence-corrected chi connectivity index (χ3v) is 6.22. The van der Waals surface area contributed by atoms with Crippen LogP contribution in [0.4, 0.5) is 0 Å². The van der Waals surface area contributed by atoms with Gasteiger partial charge in [0, 0.05) is 16.3 Å². The van der Waals surface area contributed by atoms with Gasteiger partial charge in [-0.05, 0) is 20.8 Å². The number of thioether (sulfide) groups is 1. The first-order valence-electron chi connectivity index (χ1n) is 5.31. The largest absolute Gasteiger partial charge is 0.379 e. The highest BCUT2D eigenvalue weighted by atomic mass is 127. The molecule has 1 unspecified atom stereocenters. The second-order valence-corrected chi connectivity index (χ2v) is 8.01. The summed E-state index contributed by atoms with van der Waals surface area (Å²) in [4.78, 5) is 0. The second kappa shape index (κ2) is 5.56. The molecule has 0 aliphatic carbocycles. The van der Waals surface area contributed by atoms with Crippen molar-refractivity contribution >= 4 is 34.4 Å². The standard InChI is InChI=1S/C11H21IO2S/c1-7-9(12)10(13-5)8(15-7)6-14-11(2,3)4/h7-10H,6H2,1-5H3/t7-,8-,9-,10?/m1/s1. The molecule has 0 aromatic heterocycles. The summed E-state index contributed by atoms with van der Waals surface area (Å²) in [6.07, 6.45) is 0.327. The minimum absolute atomic E-state index is 0.0501. The van der Waals surface area contributed by atoms with Crippen LogP contribution in [0.2, 0.25) is 0 Å². The van der Waals surface area contributed by atoms with Crippen LogP contribution in [-0.2, 0) is 9.47 Å². The topological polar surface area (TPSA) is 18.5 Å². The molecule has 1 rings (SSSR count). The summed E-state index contributed by atoms with van der Waals surface area (Å²) in [5.74, 6) is 0. The molecule has 1 aliphatic rings. The number of halogens is 1. The Balaban J connectivity index is 2.48. The molecule has 0 amide bonds. The van der Waals surface area contributed by atoms with E-state index < -0.39 is 0 Å². The molecule has 4 heteroatoms. The lowest BCUT2D eigenvalue weighted by atomic mass is 10.1. The van der Waals surface area contributed by atoms with Gasteiger partial charge in [0.15, 0.2) is 0 Å². The average Bonchev–Trinajstić information content (AvgIpc) is 2.38. The molecule has 0 N–H and O–H groups in total. The number of alkyl halides is 1. The number of hydrogen-bond acceptors (Lipinski definition) is 3. The van der Waals surface area contributed by atoms with Gasteiger partial charge in [-0.15, -0.1) is 11.8 Å². The van der Waals surface area contributed by atoms with Gasteiger partial charge in [-0.1, -0.05) is 29.5 Å². The Labute approximate surface area is 111 Å². The molecule has 1 saturated heterocycles. The molecule has 0 radical (unpaired) electrons. The number of ether oxygens (including phenoxy) is 2. The highest BCUT2D eigenvalue weighted by molar-refractivity contribution is 14.1. The van der Waals surface area contributed by atoms with Crippen LogP contribution in [0.1, 0.15) is 27.7 Å². The van der Waals surface area contributed by atoms with Crippen LogP contribution in [0.5, 0.6) is 0 Å². The molecular weight excluding hydrogens is 323 g/mol. The molecule has 1 aliphatic heterocycles. The highest BCUT2D eigenvalue weighted by Gasteiger charge is 2.41. The normalized spacial score (nSPS) is 37.2. The van der Waals surface area contributed by atoms with E-state index in [1.807, 2.05) is 11.8 Å². The van der Waals surface area contributed by atoms with Crippen molar-refractivity contribution < 1.29 is 9.47 Å². The van der Waals surface area contributed by atoms with Crippen LogP contribution in [0.25, 0.3) is 0 Å². The lowest BCUT2D eigenvalue weighted by molar-refractivity contribution is -0.0182. The number of hydrogen-bond donors (Lipinski definition) is 0. The summed E-state index contributed by atoms with van der Waals surface area (Å²) in [5.41, 5.74) is -0.0501. The molecule has 15 heavy (non-hydrogen) atoms. The predicted octanol–water partition coefficient (Wildman–Crippen LogP) is 3.12. The predicted molar refractivity (Wildman–Crippen MR) is 75.2 cm³/mol. The molecule has 1 fully saturated rings. The second-order valence-electron chi connectivity index (χ2n) is 4.95. The first-order chi connectivity index (χ1) is 6.85. The zero-order chi connectivity index (χ0) is 11.6. The third kappa shape index (κ3) is 4.06. The molecule has 0 spiro atoms. The van der Waals surface area contributed by atoms with E-state index in [1.54, 1.807) is 7.11 Å². The maximum Gasteiger partial charge on any atom is 0.0840 e. The molecule has 0 bridgehead atoms. The van der Waals surface area contributed by atoms with Crippen LogP contribution in [0.15, 0.2) is 0 Å². The van der Waals surface area contributed by atoms with Crippen LogP contribution >= 0.6 is 34.4 Å². The van der Waals surface area contributed by atoms with Crippen molar-refractivity contribution in [3.8, 4) is 0 Å². The lowest BCUT2D eigenvalue weighted by Crippen LogP contribution is -2.34. The first-order valence-corrected chi connectivity index (χ1v) is 7.50. The quantitative estimate of drug-likeness (QED) is 0.579. The van der Waals surface area contributed by atoms with Crippen molar-refractivity contribution in [3.63, 3.8) is 0 Å². The summed E-state index contributed by atoms with van der Waals surface area (Å²) >= 11 is 4.48. The van der Waals surface area contributed by atoms with E-state index >= 15 is 0 Å². The summed E-state index contributed by atoms with van der Waals surface area (Å²) in [5, 5.41) is 1.13. The third-order valence-electron chi connectivity index (χ3n) is 2.47. The fourth-order valence-electron chi connectivity index (χ4n) is 1.65. The number of rotatable bonds is 3. The van der Waals surface area contributed by atoms with E-state index in [1.165, 1.54) is 0 Å². The summed E-state index contributed by atoms with van der Waals surface area (Å²) in [6.45, 7) is 9.35. The fraction of sp³-hybridized carbons (Fsp3) is 1.00. The van der Waals surface area contributed by atoms with Crippen molar-refractivity contribution in [1.82, 2.24) is 0 Å². The Hall–Kier alpha value is 1.00. The van der Waals surface area contributed by atoms with Crippen LogP contribution in [0.3, 0.4) is 0 Å². The van der Waals surface area contributed by atoms with E-state index in [9.17, 15) is 0 Å². The van der Waals surface area contributed by atoms with Crippen molar-refractivity contribution in [3.05, 3.63) is 0 Å². The minimum atomic E-state index is -0.0501. The van der Waals surface area contributed by atoms with E-state index in [4.69, 9.17) is 9.47 Å². The SMILES string of the molecule is COC1[C@@H](COC(C)(C)C)S[C@H](C)[C@H]1I. The maximum absolute atomic E-state index is 5.84. The Bertz CT molecular complexity index is 205. The van der Waals surface area contributed by atoms with Crippen molar-refractivity contribution in [2.24, 2.45) is 0 Å². The first kappa shape index (κ1) is 14.1. The van der Waals surface area contributed by atoms with Crippen molar-refractivity contribution in [2.75, 3.05) is 13.7 Å². The van der Waals surface area contributed by atoms with Gasteiger partial charge in [0.1, 0.15) is 0 Å². The molecule has 90 valence electrons. The highest BCUT2D eigenvalue weighted by Crippen LogP contribution is 2.40. The van der Waals surface area contributed by atoms with Gasteiger partial charge in [0.2, 0.25) is 0 Å². The number of methoxy groups -OCH3 is 1. The summed E-state index contributed by atoms with van der Waals surface area (Å²) in [7, 11) is 1.80. The molecule has 4 atom stereocenters. The molecule has 0 saturated carbocycles.